The molecule has 1 aliphatic heterocycles. The van der Waals surface area contributed by atoms with Crippen molar-refractivity contribution in [3.05, 3.63) is 86.6 Å². The zero-order valence-corrected chi connectivity index (χ0v) is 17.8. The fraction of sp³-hybridized carbons (Fsp3) is 0.375. The van der Waals surface area contributed by atoms with Crippen LogP contribution in [0.5, 0.6) is 0 Å². The van der Waals surface area contributed by atoms with Crippen molar-refractivity contribution >= 4 is 0 Å². The van der Waals surface area contributed by atoms with Crippen molar-refractivity contribution in [2.45, 2.75) is 31.0 Å². The summed E-state index contributed by atoms with van der Waals surface area (Å²) in [6, 6.07) is 14.5. The second-order valence-corrected chi connectivity index (χ2v) is 8.92. The highest BCUT2D eigenvalue weighted by atomic mass is 19.4. The molecule has 0 amide bonds. The first kappa shape index (κ1) is 21.6. The maximum absolute atomic E-state index is 12.9. The fourth-order valence-corrected chi connectivity index (χ4v) is 5.01. The Labute approximate surface area is 187 Å². The third kappa shape index (κ3) is 4.13. The number of nitrogens with zero attached hydrogens (tertiary/aromatic N) is 3. The molecule has 2 aliphatic rings. The van der Waals surface area contributed by atoms with Gasteiger partial charge in [0.1, 0.15) is 0 Å². The van der Waals surface area contributed by atoms with Gasteiger partial charge < -0.3 is 4.90 Å². The average molecular weight is 456 g/mol. The van der Waals surface area contributed by atoms with Gasteiger partial charge in [0.15, 0.2) is 5.69 Å². The monoisotopic (exact) mass is 456 g/mol. The van der Waals surface area contributed by atoms with Crippen LogP contribution in [0, 0.1) is 5.92 Å². The topological polar surface area (TPSA) is 71.0 Å². The Kier molecular flexibility index (Phi) is 5.23. The summed E-state index contributed by atoms with van der Waals surface area (Å²) in [5, 5.41) is 4.27. The number of alkyl halides is 3. The lowest BCUT2D eigenvalue weighted by Gasteiger charge is -2.21. The summed E-state index contributed by atoms with van der Waals surface area (Å²) in [5.74, 6) is 0.452. The predicted octanol–water partition coefficient (Wildman–Crippen LogP) is 3.28. The summed E-state index contributed by atoms with van der Waals surface area (Å²) in [4.78, 5) is 29.0. The molecular formula is C24H23F3N4O2. The molecule has 1 aromatic heterocycles. The van der Waals surface area contributed by atoms with E-state index < -0.39 is 23.0 Å². The summed E-state index contributed by atoms with van der Waals surface area (Å²) in [7, 11) is 0. The largest absolute Gasteiger partial charge is 0.416 e. The molecular weight excluding hydrogens is 433 g/mol. The first-order valence-electron chi connectivity index (χ1n) is 10.9. The van der Waals surface area contributed by atoms with Crippen molar-refractivity contribution < 1.29 is 13.2 Å². The Morgan fingerprint density at radius 3 is 2.45 bits per heavy atom. The van der Waals surface area contributed by atoms with Gasteiger partial charge in [-0.25, -0.2) is 9.48 Å². The standard InChI is InChI=1S/C24H23F3N4O2/c25-24(26,27)18-9-7-17(8-10-18)23-13-19(23)14-30(15-23)11-4-12-31-22(33)28-21(32)20(29-31)16-5-2-1-3-6-16/h1-3,5-10,19H,4,11-15H2,(H,28,32,33)/t19?,23-/m1/s1. The van der Waals surface area contributed by atoms with E-state index in [0.29, 0.717) is 24.4 Å². The molecule has 2 fully saturated rings. The van der Waals surface area contributed by atoms with Crippen LogP contribution in [0.3, 0.4) is 0 Å². The van der Waals surface area contributed by atoms with Crippen molar-refractivity contribution in [2.24, 2.45) is 5.92 Å². The van der Waals surface area contributed by atoms with Crippen LogP contribution in [0.15, 0.2) is 64.2 Å². The third-order valence-electron chi connectivity index (χ3n) is 6.79. The van der Waals surface area contributed by atoms with Gasteiger partial charge in [-0.1, -0.05) is 42.5 Å². The number of aryl methyl sites for hydroxylation is 1. The maximum atomic E-state index is 12.9. The van der Waals surface area contributed by atoms with Gasteiger partial charge in [0.25, 0.3) is 5.56 Å². The second kappa shape index (κ2) is 7.98. The van der Waals surface area contributed by atoms with Crippen LogP contribution >= 0.6 is 0 Å². The third-order valence-corrected chi connectivity index (χ3v) is 6.79. The predicted molar refractivity (Wildman–Crippen MR) is 117 cm³/mol. The molecule has 2 aromatic carbocycles. The van der Waals surface area contributed by atoms with E-state index in [4.69, 9.17) is 0 Å². The molecule has 1 unspecified atom stereocenters. The molecule has 0 radical (unpaired) electrons. The number of likely N-dealkylation sites (tertiary alicyclic amines) is 1. The highest BCUT2D eigenvalue weighted by molar-refractivity contribution is 5.56. The fourth-order valence-electron chi connectivity index (χ4n) is 5.01. The Morgan fingerprint density at radius 2 is 1.76 bits per heavy atom. The molecule has 5 rings (SSSR count). The van der Waals surface area contributed by atoms with Crippen LogP contribution in [0.2, 0.25) is 0 Å². The highest BCUT2D eigenvalue weighted by Gasteiger charge is 2.60. The van der Waals surface area contributed by atoms with Gasteiger partial charge in [-0.05, 0) is 43.0 Å². The molecule has 1 aliphatic carbocycles. The highest BCUT2D eigenvalue weighted by Crippen LogP contribution is 2.59. The Balaban J connectivity index is 1.22. The van der Waals surface area contributed by atoms with E-state index in [1.54, 1.807) is 36.4 Å². The van der Waals surface area contributed by atoms with Gasteiger partial charge >= 0.3 is 11.9 Å². The number of hydrogen-bond donors (Lipinski definition) is 1. The number of nitrogens with one attached hydrogen (secondary N) is 1. The molecule has 33 heavy (non-hydrogen) atoms. The quantitative estimate of drug-likeness (QED) is 0.618. The average Bonchev–Trinajstić information content (AvgIpc) is 3.36. The Hall–Kier alpha value is -3.20. The maximum Gasteiger partial charge on any atom is 0.416 e. The lowest BCUT2D eigenvalue weighted by Crippen LogP contribution is -2.35. The van der Waals surface area contributed by atoms with E-state index in [2.05, 4.69) is 15.0 Å². The second-order valence-electron chi connectivity index (χ2n) is 8.92. The summed E-state index contributed by atoms with van der Waals surface area (Å²) in [5.41, 5.74) is 0.0881. The van der Waals surface area contributed by atoms with Crippen molar-refractivity contribution in [1.82, 2.24) is 19.7 Å². The van der Waals surface area contributed by atoms with Gasteiger partial charge in [-0.3, -0.25) is 9.78 Å². The first-order valence-corrected chi connectivity index (χ1v) is 10.9. The molecule has 9 heteroatoms. The van der Waals surface area contributed by atoms with Crippen molar-refractivity contribution in [1.29, 1.82) is 0 Å². The molecule has 172 valence electrons. The molecule has 6 nitrogen and oxygen atoms in total. The van der Waals surface area contributed by atoms with Gasteiger partial charge in [0, 0.05) is 30.6 Å². The van der Waals surface area contributed by atoms with Crippen molar-refractivity contribution in [3.8, 4) is 11.3 Å². The zero-order valence-electron chi connectivity index (χ0n) is 17.8. The van der Waals surface area contributed by atoms with E-state index in [-0.39, 0.29) is 11.1 Å². The minimum atomic E-state index is -4.32. The van der Waals surface area contributed by atoms with Crippen molar-refractivity contribution in [2.75, 3.05) is 19.6 Å². The smallest absolute Gasteiger partial charge is 0.302 e. The Morgan fingerprint density at radius 1 is 1.03 bits per heavy atom. The molecule has 3 aromatic rings. The number of H-pyrrole nitrogens is 1. The van der Waals surface area contributed by atoms with E-state index in [1.807, 2.05) is 6.07 Å². The van der Waals surface area contributed by atoms with Crippen LogP contribution in [0.4, 0.5) is 13.2 Å². The molecule has 0 spiro atoms. The molecule has 0 bridgehead atoms. The summed E-state index contributed by atoms with van der Waals surface area (Å²) in [6.45, 7) is 2.80. The summed E-state index contributed by atoms with van der Waals surface area (Å²) >= 11 is 0. The van der Waals surface area contributed by atoms with Gasteiger partial charge in [-0.2, -0.15) is 18.3 Å². The van der Waals surface area contributed by atoms with E-state index in [0.717, 1.165) is 31.6 Å². The molecule has 2 atom stereocenters. The molecule has 1 saturated heterocycles. The molecule has 1 N–H and O–H groups in total. The number of benzene rings is 2. The van der Waals surface area contributed by atoms with Gasteiger partial charge in [0.2, 0.25) is 0 Å². The number of aromatic amines is 1. The minimum Gasteiger partial charge on any atom is -0.302 e. The zero-order chi connectivity index (χ0) is 23.2. The number of fused-ring (bicyclic) bond motifs is 1. The summed E-state index contributed by atoms with van der Waals surface area (Å²) in [6.07, 6.45) is -2.66. The van der Waals surface area contributed by atoms with E-state index in [9.17, 15) is 22.8 Å². The van der Waals surface area contributed by atoms with Crippen LogP contribution in [-0.4, -0.2) is 39.3 Å². The normalized spacial score (nSPS) is 22.3. The van der Waals surface area contributed by atoms with E-state index >= 15 is 0 Å². The lowest BCUT2D eigenvalue weighted by atomic mass is 9.94. The number of piperidine rings is 1. The minimum absolute atomic E-state index is 0.0579. The number of halogens is 3. The molecule has 2 heterocycles. The number of aromatic nitrogens is 3. The number of hydrogen-bond acceptors (Lipinski definition) is 4. The van der Waals surface area contributed by atoms with Gasteiger partial charge in [-0.15, -0.1) is 0 Å². The van der Waals surface area contributed by atoms with E-state index in [1.165, 1.54) is 16.8 Å². The van der Waals surface area contributed by atoms with Crippen LogP contribution in [0.25, 0.3) is 11.3 Å². The Bertz CT molecular complexity index is 1270. The molecule has 1 saturated carbocycles. The van der Waals surface area contributed by atoms with Crippen molar-refractivity contribution in [3.63, 3.8) is 0 Å². The lowest BCUT2D eigenvalue weighted by molar-refractivity contribution is -0.137. The first-order chi connectivity index (χ1) is 15.8. The SMILES string of the molecule is O=c1[nH]c(=O)n(CCCN2CC3C[C@]3(c3ccc(C(F)(F)F)cc3)C2)nc1-c1ccccc1. The van der Waals surface area contributed by atoms with Crippen LogP contribution < -0.4 is 11.2 Å². The summed E-state index contributed by atoms with van der Waals surface area (Å²) < 4.78 is 39.9. The number of rotatable bonds is 6. The van der Waals surface area contributed by atoms with Gasteiger partial charge in [0.05, 0.1) is 5.56 Å². The van der Waals surface area contributed by atoms with Crippen LogP contribution in [-0.2, 0) is 18.1 Å². The van der Waals surface area contributed by atoms with Crippen LogP contribution in [0.1, 0.15) is 24.0 Å².